The summed E-state index contributed by atoms with van der Waals surface area (Å²) in [5, 5.41) is 24.6. The first-order valence-electron chi connectivity index (χ1n) is 23.2. The number of aliphatic hydroxyl groups excluding tert-OH is 1. The topological polar surface area (TPSA) is 133 Å². The summed E-state index contributed by atoms with van der Waals surface area (Å²) in [5.74, 6) is 1.79. The van der Waals surface area contributed by atoms with Gasteiger partial charge in [0.1, 0.15) is 6.10 Å². The predicted octanol–water partition coefficient (Wildman–Crippen LogP) is 7.60. The van der Waals surface area contributed by atoms with Gasteiger partial charge in [0.2, 0.25) is 0 Å². The number of carboxylic acid groups (broad SMARTS) is 1. The maximum Gasteiger partial charge on any atom is 0.309 e. The van der Waals surface area contributed by atoms with Crippen LogP contribution in [0.1, 0.15) is 146 Å². The fraction of sp³-hybridized carbons (Fsp3) is 0.957. The average Bonchev–Trinajstić information content (AvgIpc) is 3.74. The Morgan fingerprint density at radius 1 is 0.772 bits per heavy atom. The lowest BCUT2D eigenvalue weighted by Crippen LogP contribution is -2.67. The van der Waals surface area contributed by atoms with E-state index in [0.29, 0.717) is 55.1 Å². The van der Waals surface area contributed by atoms with Gasteiger partial charge in [0.15, 0.2) is 9.84 Å². The quantitative estimate of drug-likeness (QED) is 0.191. The highest BCUT2D eigenvalue weighted by Gasteiger charge is 2.72. The summed E-state index contributed by atoms with van der Waals surface area (Å²) in [6.07, 6.45) is 14.5. The van der Waals surface area contributed by atoms with E-state index in [-0.39, 0.29) is 62.6 Å². The Kier molecular flexibility index (Phi) is 10.3. The lowest BCUT2D eigenvalue weighted by molar-refractivity contribution is -0.253. The summed E-state index contributed by atoms with van der Waals surface area (Å²) < 4.78 is 30.9. The number of hydrogen-bond acceptors (Lipinski definition) is 8. The number of esters is 1. The second-order valence-electron chi connectivity index (χ2n) is 23.8. The lowest BCUT2D eigenvalue weighted by Gasteiger charge is -2.73. The number of hydrogen-bond donors (Lipinski definition) is 3. The van der Waals surface area contributed by atoms with Gasteiger partial charge in [-0.15, -0.1) is 0 Å². The number of rotatable bonds is 10. The summed E-state index contributed by atoms with van der Waals surface area (Å²) in [5.41, 5.74) is 0.677. The molecule has 3 N–H and O–H groups in total. The van der Waals surface area contributed by atoms with E-state index in [4.69, 9.17) is 4.74 Å². The second kappa shape index (κ2) is 13.9. The molecule has 8 rings (SSSR count). The number of sulfone groups is 1. The van der Waals surface area contributed by atoms with Crippen LogP contribution < -0.4 is 5.32 Å². The Morgan fingerprint density at radius 3 is 2.07 bits per heavy atom. The minimum absolute atomic E-state index is 0.0789. The first kappa shape index (κ1) is 42.5. The summed E-state index contributed by atoms with van der Waals surface area (Å²) in [6, 6.07) is -0.0789. The molecule has 0 bridgehead atoms. The molecule has 0 aromatic rings. The zero-order valence-electron chi connectivity index (χ0n) is 37.0. The van der Waals surface area contributed by atoms with E-state index >= 15 is 0 Å². The molecule has 10 heteroatoms. The minimum atomic E-state index is -2.98. The smallest absolute Gasteiger partial charge is 0.309 e. The summed E-state index contributed by atoms with van der Waals surface area (Å²) >= 11 is 0. The van der Waals surface area contributed by atoms with E-state index < -0.39 is 33.2 Å². The SMILES string of the molecule is C[C@H](O)[C@H](CNCC12CC[C@@H](C3(C)CC3)[C@@H]1[C@H]1CC[C@@H]3[C@@]4(C)CCC(OC(=O)[C@H]5C[C@@H](C(=O)O)C5(C)C)C(C)(C)[C@@H]4CC[C@@]3(C)[C@]1(C)CC2)N1CCS(=O)(=O)CC1. The van der Waals surface area contributed by atoms with Crippen LogP contribution in [0.2, 0.25) is 0 Å². The molecule has 2 unspecified atom stereocenters. The van der Waals surface area contributed by atoms with Crippen molar-refractivity contribution in [3.63, 3.8) is 0 Å². The summed E-state index contributed by atoms with van der Waals surface area (Å²) in [4.78, 5) is 27.7. The van der Waals surface area contributed by atoms with Gasteiger partial charge in [-0.25, -0.2) is 8.42 Å². The largest absolute Gasteiger partial charge is 0.481 e. The molecule has 8 fully saturated rings. The van der Waals surface area contributed by atoms with Crippen LogP contribution in [-0.2, 0) is 24.2 Å². The first-order chi connectivity index (χ1) is 26.5. The predicted molar refractivity (Wildman–Crippen MR) is 223 cm³/mol. The van der Waals surface area contributed by atoms with Crippen LogP contribution in [0.4, 0.5) is 0 Å². The fourth-order valence-corrected chi connectivity index (χ4v) is 17.9. The molecule has 57 heavy (non-hydrogen) atoms. The van der Waals surface area contributed by atoms with Gasteiger partial charge in [0.05, 0.1) is 29.4 Å². The van der Waals surface area contributed by atoms with Crippen LogP contribution in [0.3, 0.4) is 0 Å². The van der Waals surface area contributed by atoms with Crippen LogP contribution in [0.25, 0.3) is 0 Å². The average molecular weight is 815 g/mol. The van der Waals surface area contributed by atoms with Gasteiger partial charge in [-0.05, 0) is 152 Å². The molecule has 7 aliphatic carbocycles. The van der Waals surface area contributed by atoms with E-state index in [1.54, 1.807) is 0 Å². The Hall–Kier alpha value is -1.23. The third-order valence-electron chi connectivity index (χ3n) is 20.8. The van der Waals surface area contributed by atoms with Crippen molar-refractivity contribution in [1.29, 1.82) is 0 Å². The highest BCUT2D eigenvalue weighted by atomic mass is 32.2. The Labute approximate surface area is 344 Å². The van der Waals surface area contributed by atoms with E-state index in [9.17, 15) is 28.2 Å². The normalized spacial score (nSPS) is 47.5. The highest BCUT2D eigenvalue weighted by molar-refractivity contribution is 7.91. The summed E-state index contributed by atoms with van der Waals surface area (Å²) in [6.45, 7) is 23.8. The van der Waals surface area contributed by atoms with E-state index in [1.165, 1.54) is 64.2 Å². The molecule has 14 atom stereocenters. The minimum Gasteiger partial charge on any atom is -0.481 e. The van der Waals surface area contributed by atoms with Gasteiger partial charge >= 0.3 is 11.9 Å². The molecule has 0 aromatic heterocycles. The van der Waals surface area contributed by atoms with Crippen molar-refractivity contribution in [3.8, 4) is 0 Å². The van der Waals surface area contributed by atoms with Crippen molar-refractivity contribution in [2.24, 2.45) is 79.3 Å². The molecule has 0 aromatic carbocycles. The number of carbonyl (C=O) groups is 2. The molecular weight excluding hydrogens is 737 g/mol. The number of aliphatic carboxylic acids is 1. The molecule has 1 aliphatic heterocycles. The van der Waals surface area contributed by atoms with Crippen LogP contribution in [0, 0.1) is 79.3 Å². The van der Waals surface area contributed by atoms with Crippen LogP contribution in [0.5, 0.6) is 0 Å². The molecule has 0 amide bonds. The van der Waals surface area contributed by atoms with E-state index in [0.717, 1.165) is 25.3 Å². The molecule has 1 saturated heterocycles. The molecule has 0 spiro atoms. The molecule has 324 valence electrons. The molecular formula is C47H78N2O7S. The number of fused-ring (bicyclic) bond motifs is 7. The van der Waals surface area contributed by atoms with Crippen LogP contribution in [0.15, 0.2) is 0 Å². The third kappa shape index (κ3) is 6.45. The third-order valence-corrected chi connectivity index (χ3v) is 22.4. The van der Waals surface area contributed by atoms with Crippen molar-refractivity contribution in [2.45, 2.75) is 164 Å². The number of carboxylic acids is 1. The monoisotopic (exact) mass is 815 g/mol. The number of nitrogens with zero attached hydrogens (tertiary/aromatic N) is 1. The lowest BCUT2D eigenvalue weighted by atomic mass is 9.32. The zero-order valence-corrected chi connectivity index (χ0v) is 37.8. The number of aliphatic hydroxyl groups is 1. The van der Waals surface area contributed by atoms with Gasteiger partial charge in [-0.1, -0.05) is 55.4 Å². The van der Waals surface area contributed by atoms with Gasteiger partial charge < -0.3 is 20.3 Å². The fourth-order valence-electron chi connectivity index (χ4n) is 16.7. The van der Waals surface area contributed by atoms with E-state index in [1.807, 2.05) is 20.8 Å². The molecule has 1 heterocycles. The maximum atomic E-state index is 13.7. The zero-order chi connectivity index (χ0) is 41.4. The summed E-state index contributed by atoms with van der Waals surface area (Å²) in [7, 11) is -2.98. The van der Waals surface area contributed by atoms with Crippen molar-refractivity contribution in [3.05, 3.63) is 0 Å². The van der Waals surface area contributed by atoms with Crippen LogP contribution >= 0.6 is 0 Å². The van der Waals surface area contributed by atoms with Crippen molar-refractivity contribution in [2.75, 3.05) is 37.7 Å². The van der Waals surface area contributed by atoms with Gasteiger partial charge in [-0.2, -0.15) is 0 Å². The Bertz CT molecular complexity index is 1690. The second-order valence-corrected chi connectivity index (χ2v) is 26.1. The molecule has 8 aliphatic rings. The molecule has 0 radical (unpaired) electrons. The van der Waals surface area contributed by atoms with E-state index in [2.05, 4.69) is 51.8 Å². The van der Waals surface area contributed by atoms with Gasteiger partial charge in [-0.3, -0.25) is 14.5 Å². The van der Waals surface area contributed by atoms with Crippen molar-refractivity contribution in [1.82, 2.24) is 10.2 Å². The molecule has 7 saturated carbocycles. The Balaban J connectivity index is 0.998. The van der Waals surface area contributed by atoms with Crippen molar-refractivity contribution >= 4 is 21.8 Å². The number of ether oxygens (including phenoxy) is 1. The standard InChI is InChI=1S/C47H78N2O7S/c1-29(50)34(49-22-24-57(54,55)25-23-49)27-48-28-47-17-12-30(43(6)18-19-43)38(47)31-10-11-36-44(7)15-14-37(56-40(53)33-26-32(39(51)52)41(33,2)3)42(4,5)35(44)13-16-46(36,9)45(31,8)20-21-47/h29-38,48,50H,10-28H2,1-9H3,(H,51,52)/t29-,30+,31+,32-,33+,34-,35-,36+,37?,38+,44-,45+,46+,47?/m0/s1. The van der Waals surface area contributed by atoms with Gasteiger partial charge in [0, 0.05) is 37.6 Å². The van der Waals surface area contributed by atoms with Crippen LogP contribution in [-0.4, -0.2) is 91.4 Å². The first-order valence-corrected chi connectivity index (χ1v) is 25.0. The van der Waals surface area contributed by atoms with Gasteiger partial charge in [0.25, 0.3) is 0 Å². The van der Waals surface area contributed by atoms with Crippen molar-refractivity contribution < 1.29 is 33.0 Å². The number of carbonyl (C=O) groups excluding carboxylic acids is 1. The number of nitrogens with one attached hydrogen (secondary N) is 1. The Morgan fingerprint density at radius 2 is 1.46 bits per heavy atom. The highest BCUT2D eigenvalue weighted by Crippen LogP contribution is 2.79. The maximum absolute atomic E-state index is 13.7. The molecule has 9 nitrogen and oxygen atoms in total.